The molecule has 1 aromatic heterocycles. The molecule has 3 rings (SSSR count). The molecular weight excluding hydrogens is 344 g/mol. The lowest BCUT2D eigenvalue weighted by atomic mass is 9.97. The zero-order valence-corrected chi connectivity index (χ0v) is 16.6. The molecule has 1 unspecified atom stereocenters. The second-order valence-corrected chi connectivity index (χ2v) is 8.01. The van der Waals surface area contributed by atoms with Gasteiger partial charge in [-0.25, -0.2) is 0 Å². The maximum absolute atomic E-state index is 5.97. The molecule has 0 spiro atoms. The number of aryl methyl sites for hydroxylation is 1. The van der Waals surface area contributed by atoms with E-state index in [0.29, 0.717) is 0 Å². The maximum atomic E-state index is 5.97. The van der Waals surface area contributed by atoms with Gasteiger partial charge in [0.05, 0.1) is 0 Å². The highest BCUT2D eigenvalue weighted by Gasteiger charge is 2.20. The van der Waals surface area contributed by atoms with Crippen molar-refractivity contribution in [2.24, 2.45) is 5.92 Å². The van der Waals surface area contributed by atoms with Crippen LogP contribution in [-0.4, -0.2) is 59.4 Å². The van der Waals surface area contributed by atoms with E-state index in [2.05, 4.69) is 34.1 Å². The highest BCUT2D eigenvalue weighted by molar-refractivity contribution is 6.30. The van der Waals surface area contributed by atoms with E-state index >= 15 is 0 Å². The lowest BCUT2D eigenvalue weighted by molar-refractivity contribution is 0.143. The molecule has 0 bridgehead atoms. The summed E-state index contributed by atoms with van der Waals surface area (Å²) in [5.41, 5.74) is 1.38. The summed E-state index contributed by atoms with van der Waals surface area (Å²) in [4.78, 5) is 5.14. The van der Waals surface area contributed by atoms with Crippen LogP contribution in [0.25, 0.3) is 0 Å². The van der Waals surface area contributed by atoms with Gasteiger partial charge in [-0.2, -0.15) is 5.10 Å². The van der Waals surface area contributed by atoms with Crippen molar-refractivity contribution in [2.75, 3.05) is 39.8 Å². The number of halogens is 1. The Balaban J connectivity index is 1.35. The largest absolute Gasteiger partial charge is 0.306 e. The third-order valence-electron chi connectivity index (χ3n) is 5.29. The van der Waals surface area contributed by atoms with E-state index in [4.69, 9.17) is 11.6 Å². The first kappa shape index (κ1) is 19.4. The number of benzene rings is 1. The fourth-order valence-corrected chi connectivity index (χ4v) is 4.04. The summed E-state index contributed by atoms with van der Waals surface area (Å²) in [5.74, 6) is 0.795. The van der Waals surface area contributed by atoms with Gasteiger partial charge in [-0.1, -0.05) is 23.7 Å². The Morgan fingerprint density at radius 2 is 2.08 bits per heavy atom. The van der Waals surface area contributed by atoms with Crippen LogP contribution in [0.3, 0.4) is 0 Å². The summed E-state index contributed by atoms with van der Waals surface area (Å²) in [6.45, 7) is 6.98. The van der Waals surface area contributed by atoms with Crippen LogP contribution in [-0.2, 0) is 13.0 Å². The number of aromatic nitrogens is 2. The molecule has 2 aromatic rings. The highest BCUT2D eigenvalue weighted by atomic mass is 35.5. The van der Waals surface area contributed by atoms with Crippen LogP contribution in [0.2, 0.25) is 5.02 Å². The van der Waals surface area contributed by atoms with E-state index in [1.807, 2.05) is 35.3 Å². The molecular formula is C21H31ClN4. The van der Waals surface area contributed by atoms with E-state index in [9.17, 15) is 0 Å². The van der Waals surface area contributed by atoms with Crippen molar-refractivity contribution in [3.8, 4) is 0 Å². The summed E-state index contributed by atoms with van der Waals surface area (Å²) in [5, 5.41) is 5.09. The van der Waals surface area contributed by atoms with Crippen molar-refractivity contribution in [1.82, 2.24) is 19.6 Å². The van der Waals surface area contributed by atoms with E-state index in [1.54, 1.807) is 0 Å². The Bertz CT molecular complexity index is 626. The number of piperidine rings is 1. The lowest BCUT2D eigenvalue weighted by Gasteiger charge is -2.34. The van der Waals surface area contributed by atoms with E-state index in [1.165, 1.54) is 38.0 Å². The van der Waals surface area contributed by atoms with Gasteiger partial charge in [0.1, 0.15) is 0 Å². The Labute approximate surface area is 162 Å². The van der Waals surface area contributed by atoms with Crippen molar-refractivity contribution in [1.29, 1.82) is 0 Å². The lowest BCUT2D eigenvalue weighted by Crippen LogP contribution is -2.41. The molecule has 4 nitrogen and oxygen atoms in total. The minimum absolute atomic E-state index is 0.795. The van der Waals surface area contributed by atoms with Crippen LogP contribution in [0.15, 0.2) is 42.7 Å². The van der Waals surface area contributed by atoms with Crippen molar-refractivity contribution in [3.63, 3.8) is 0 Å². The molecule has 26 heavy (non-hydrogen) atoms. The molecule has 5 heteroatoms. The molecule has 0 radical (unpaired) electrons. The van der Waals surface area contributed by atoms with Gasteiger partial charge in [0, 0.05) is 43.6 Å². The average molecular weight is 375 g/mol. The summed E-state index contributed by atoms with van der Waals surface area (Å²) < 4.78 is 2.02. The number of hydrogen-bond donors (Lipinski definition) is 0. The van der Waals surface area contributed by atoms with Gasteiger partial charge in [-0.05, 0) is 75.5 Å². The van der Waals surface area contributed by atoms with Crippen LogP contribution < -0.4 is 0 Å². The van der Waals surface area contributed by atoms with Crippen molar-refractivity contribution < 1.29 is 0 Å². The van der Waals surface area contributed by atoms with E-state index in [-0.39, 0.29) is 0 Å². The van der Waals surface area contributed by atoms with Gasteiger partial charge in [-0.3, -0.25) is 4.68 Å². The number of nitrogens with zero attached hydrogens (tertiary/aromatic N) is 4. The van der Waals surface area contributed by atoms with Gasteiger partial charge >= 0.3 is 0 Å². The maximum Gasteiger partial charge on any atom is 0.0489 e. The fraction of sp³-hybridized carbons (Fsp3) is 0.571. The molecule has 1 saturated heterocycles. The summed E-state index contributed by atoms with van der Waals surface area (Å²) >= 11 is 5.97. The second-order valence-electron chi connectivity index (χ2n) is 7.57. The number of rotatable bonds is 9. The van der Waals surface area contributed by atoms with Crippen molar-refractivity contribution in [2.45, 2.75) is 32.2 Å². The Morgan fingerprint density at radius 3 is 2.85 bits per heavy atom. The number of likely N-dealkylation sites (tertiary alicyclic amines) is 1. The molecule has 1 atom stereocenters. The minimum Gasteiger partial charge on any atom is -0.306 e. The summed E-state index contributed by atoms with van der Waals surface area (Å²) in [6.07, 6.45) is 8.85. The van der Waals surface area contributed by atoms with Crippen molar-refractivity contribution in [3.05, 3.63) is 53.3 Å². The SMILES string of the molecule is CN(CCCn1cccn1)CC1CCCN(CCc2ccc(Cl)cc2)C1. The molecule has 1 fully saturated rings. The molecule has 1 aromatic carbocycles. The van der Waals surface area contributed by atoms with E-state index in [0.717, 1.165) is 43.4 Å². The van der Waals surface area contributed by atoms with Crippen LogP contribution in [0.4, 0.5) is 0 Å². The third-order valence-corrected chi connectivity index (χ3v) is 5.54. The quantitative estimate of drug-likeness (QED) is 0.667. The first-order chi connectivity index (χ1) is 12.7. The van der Waals surface area contributed by atoms with Gasteiger partial charge in [0.2, 0.25) is 0 Å². The van der Waals surface area contributed by atoms with Crippen LogP contribution in [0.5, 0.6) is 0 Å². The Morgan fingerprint density at radius 1 is 1.23 bits per heavy atom. The van der Waals surface area contributed by atoms with Crippen LogP contribution in [0, 0.1) is 5.92 Å². The third kappa shape index (κ3) is 6.42. The molecule has 0 N–H and O–H groups in total. The molecule has 2 heterocycles. The highest BCUT2D eigenvalue weighted by Crippen LogP contribution is 2.18. The predicted octanol–water partition coefficient (Wildman–Crippen LogP) is 3.81. The molecule has 1 aliphatic rings. The first-order valence-electron chi connectivity index (χ1n) is 9.82. The molecule has 0 aliphatic carbocycles. The molecule has 1 aliphatic heterocycles. The minimum atomic E-state index is 0.795. The van der Waals surface area contributed by atoms with Gasteiger partial charge in [0.25, 0.3) is 0 Å². The standard InChI is InChI=1S/C21H31ClN4/c1-24(12-4-15-26-14-3-11-23-26)17-20-5-2-13-25(18-20)16-10-19-6-8-21(22)9-7-19/h3,6-9,11,14,20H,2,4-5,10,12-13,15-18H2,1H3. The fourth-order valence-electron chi connectivity index (χ4n) is 3.91. The zero-order valence-electron chi connectivity index (χ0n) is 15.9. The van der Waals surface area contributed by atoms with Gasteiger partial charge < -0.3 is 9.80 Å². The predicted molar refractivity (Wildman–Crippen MR) is 109 cm³/mol. The normalized spacial score (nSPS) is 18.5. The van der Waals surface area contributed by atoms with Crippen LogP contribution >= 0.6 is 11.6 Å². The smallest absolute Gasteiger partial charge is 0.0489 e. The van der Waals surface area contributed by atoms with Gasteiger partial charge in [0.15, 0.2) is 0 Å². The number of hydrogen-bond acceptors (Lipinski definition) is 3. The monoisotopic (exact) mass is 374 g/mol. The van der Waals surface area contributed by atoms with Gasteiger partial charge in [-0.15, -0.1) is 0 Å². The summed E-state index contributed by atoms with van der Waals surface area (Å²) in [6, 6.07) is 10.3. The second kappa shape index (κ2) is 10.1. The Kier molecular flexibility index (Phi) is 7.54. The summed E-state index contributed by atoms with van der Waals surface area (Å²) in [7, 11) is 2.26. The molecule has 0 amide bonds. The van der Waals surface area contributed by atoms with E-state index < -0.39 is 0 Å². The van der Waals surface area contributed by atoms with Crippen LogP contribution in [0.1, 0.15) is 24.8 Å². The topological polar surface area (TPSA) is 24.3 Å². The average Bonchev–Trinajstić information content (AvgIpc) is 3.15. The van der Waals surface area contributed by atoms with Crippen molar-refractivity contribution >= 4 is 11.6 Å². The Hall–Kier alpha value is -1.36. The molecule has 0 saturated carbocycles. The molecule has 142 valence electrons. The first-order valence-corrected chi connectivity index (χ1v) is 10.2. The zero-order chi connectivity index (χ0) is 18.2.